The van der Waals surface area contributed by atoms with Crippen LogP contribution in [-0.2, 0) is 11.2 Å². The zero-order valence-electron chi connectivity index (χ0n) is 15.7. The smallest absolute Gasteiger partial charge is 0.230 e. The van der Waals surface area contributed by atoms with E-state index in [0.29, 0.717) is 23.4 Å². The number of rotatable bonds is 5. The van der Waals surface area contributed by atoms with Gasteiger partial charge in [0.05, 0.1) is 6.42 Å². The number of aromatic nitrogens is 2. The van der Waals surface area contributed by atoms with Gasteiger partial charge >= 0.3 is 0 Å². The van der Waals surface area contributed by atoms with Crippen molar-refractivity contribution < 1.29 is 4.79 Å². The van der Waals surface area contributed by atoms with Crippen LogP contribution in [0.5, 0.6) is 0 Å². The van der Waals surface area contributed by atoms with Gasteiger partial charge in [-0.25, -0.2) is 0 Å². The third kappa shape index (κ3) is 4.93. The summed E-state index contributed by atoms with van der Waals surface area (Å²) >= 11 is 1.54. The van der Waals surface area contributed by atoms with Crippen molar-refractivity contribution in [2.24, 2.45) is 0 Å². The molecule has 2 N–H and O–H groups in total. The van der Waals surface area contributed by atoms with Crippen LogP contribution in [0.15, 0.2) is 24.3 Å². The molecule has 144 valence electrons. The van der Waals surface area contributed by atoms with E-state index in [1.54, 1.807) is 11.3 Å². The lowest BCUT2D eigenvalue weighted by molar-refractivity contribution is -0.115. The van der Waals surface area contributed by atoms with Crippen LogP contribution >= 0.6 is 11.3 Å². The van der Waals surface area contributed by atoms with Gasteiger partial charge in [0, 0.05) is 5.92 Å². The Kier molecular flexibility index (Phi) is 6.14. The summed E-state index contributed by atoms with van der Waals surface area (Å²) in [5.41, 5.74) is 2.43. The fourth-order valence-corrected chi connectivity index (χ4v) is 5.19. The lowest BCUT2D eigenvalue weighted by Crippen LogP contribution is -2.26. The molecule has 1 aromatic carbocycles. The molecule has 2 aromatic rings. The molecule has 6 heteroatoms. The second-order valence-electron chi connectivity index (χ2n) is 7.77. The van der Waals surface area contributed by atoms with Gasteiger partial charge in [0.15, 0.2) is 0 Å². The Bertz CT molecular complexity index is 763. The number of nitrogens with one attached hydrogen (secondary N) is 2. The molecule has 1 saturated carbocycles. The average molecular weight is 385 g/mol. The Hall–Kier alpha value is -1.79. The van der Waals surface area contributed by atoms with E-state index in [9.17, 15) is 4.79 Å². The van der Waals surface area contributed by atoms with Crippen molar-refractivity contribution in [1.29, 1.82) is 0 Å². The van der Waals surface area contributed by atoms with Gasteiger partial charge in [-0.05, 0) is 55.8 Å². The Balaban J connectivity index is 1.34. The van der Waals surface area contributed by atoms with Gasteiger partial charge in [-0.3, -0.25) is 4.79 Å². The summed E-state index contributed by atoms with van der Waals surface area (Å²) < 4.78 is 0. The summed E-state index contributed by atoms with van der Waals surface area (Å²) in [6.07, 6.45) is 9.01. The number of anilines is 1. The molecule has 2 fully saturated rings. The highest BCUT2D eigenvalue weighted by Crippen LogP contribution is 2.35. The van der Waals surface area contributed by atoms with Gasteiger partial charge in [0.25, 0.3) is 0 Å². The molecular formula is C21H28N4OS. The first-order chi connectivity index (χ1) is 13.3. The standard InChI is InChI=1S/C21H28N4OS/c26-19(23-21-25-24-20(27-21)17-6-2-1-3-7-17)14-15-5-4-8-18(13-15)16-9-11-22-12-10-16/h4-5,8,13,16-17,22H,1-3,6-7,9-12,14H2,(H,23,25,26). The van der Waals surface area contributed by atoms with Crippen LogP contribution in [0.25, 0.3) is 0 Å². The fraction of sp³-hybridized carbons (Fsp3) is 0.571. The van der Waals surface area contributed by atoms with Crippen molar-refractivity contribution in [3.05, 3.63) is 40.4 Å². The number of amides is 1. The van der Waals surface area contributed by atoms with E-state index in [1.165, 1.54) is 50.5 Å². The van der Waals surface area contributed by atoms with E-state index in [-0.39, 0.29) is 5.91 Å². The molecule has 1 aromatic heterocycles. The van der Waals surface area contributed by atoms with E-state index in [0.717, 1.165) is 23.7 Å². The second-order valence-corrected chi connectivity index (χ2v) is 8.78. The Labute approximate surface area is 165 Å². The molecule has 5 nitrogen and oxygen atoms in total. The molecule has 0 spiro atoms. The Morgan fingerprint density at radius 2 is 1.89 bits per heavy atom. The summed E-state index contributed by atoms with van der Waals surface area (Å²) in [5, 5.41) is 16.6. The first-order valence-corrected chi connectivity index (χ1v) is 11.0. The fourth-order valence-electron chi connectivity index (χ4n) is 4.26. The highest BCUT2D eigenvalue weighted by atomic mass is 32.1. The van der Waals surface area contributed by atoms with E-state index >= 15 is 0 Å². The number of carbonyl (C=O) groups is 1. The predicted molar refractivity (Wildman–Crippen MR) is 109 cm³/mol. The zero-order chi connectivity index (χ0) is 18.5. The number of piperidine rings is 1. The van der Waals surface area contributed by atoms with Crippen LogP contribution in [-0.4, -0.2) is 29.2 Å². The molecule has 4 rings (SSSR count). The minimum absolute atomic E-state index is 0.0104. The van der Waals surface area contributed by atoms with Crippen LogP contribution < -0.4 is 10.6 Å². The SMILES string of the molecule is O=C(Cc1cccc(C2CCNCC2)c1)Nc1nnc(C2CCCCC2)s1. The summed E-state index contributed by atoms with van der Waals surface area (Å²) in [6.45, 7) is 2.16. The van der Waals surface area contributed by atoms with Crippen LogP contribution in [0, 0.1) is 0 Å². The van der Waals surface area contributed by atoms with Crippen LogP contribution in [0.4, 0.5) is 5.13 Å². The lowest BCUT2D eigenvalue weighted by Gasteiger charge is -2.23. The van der Waals surface area contributed by atoms with Gasteiger partial charge in [-0.2, -0.15) is 0 Å². The van der Waals surface area contributed by atoms with Crippen molar-refractivity contribution in [1.82, 2.24) is 15.5 Å². The minimum Gasteiger partial charge on any atom is -0.317 e. The molecule has 0 radical (unpaired) electrons. The molecule has 0 atom stereocenters. The summed E-state index contributed by atoms with van der Waals surface area (Å²) in [6, 6.07) is 8.51. The van der Waals surface area contributed by atoms with Crippen molar-refractivity contribution in [2.45, 2.75) is 63.2 Å². The van der Waals surface area contributed by atoms with Crippen molar-refractivity contribution in [2.75, 3.05) is 18.4 Å². The summed E-state index contributed by atoms with van der Waals surface area (Å²) in [4.78, 5) is 12.5. The van der Waals surface area contributed by atoms with E-state index in [1.807, 2.05) is 6.07 Å². The maximum absolute atomic E-state index is 12.5. The van der Waals surface area contributed by atoms with Crippen LogP contribution in [0.2, 0.25) is 0 Å². The topological polar surface area (TPSA) is 66.9 Å². The second kappa shape index (κ2) is 8.93. The third-order valence-electron chi connectivity index (χ3n) is 5.77. The average Bonchev–Trinajstić information content (AvgIpc) is 3.18. The molecule has 1 amide bonds. The Morgan fingerprint density at radius 1 is 1.07 bits per heavy atom. The first kappa shape index (κ1) is 18.6. The summed E-state index contributed by atoms with van der Waals surface area (Å²) in [5.74, 6) is 1.13. The number of nitrogens with zero attached hydrogens (tertiary/aromatic N) is 2. The Morgan fingerprint density at radius 3 is 2.70 bits per heavy atom. The van der Waals surface area contributed by atoms with Crippen molar-refractivity contribution in [3.8, 4) is 0 Å². The van der Waals surface area contributed by atoms with Gasteiger partial charge < -0.3 is 10.6 Å². The lowest BCUT2D eigenvalue weighted by atomic mass is 9.89. The van der Waals surface area contributed by atoms with Gasteiger partial charge in [0.1, 0.15) is 5.01 Å². The molecule has 0 unspecified atom stereocenters. The third-order valence-corrected chi connectivity index (χ3v) is 6.77. The number of benzene rings is 1. The molecule has 1 saturated heterocycles. The van der Waals surface area contributed by atoms with E-state index < -0.39 is 0 Å². The maximum atomic E-state index is 12.5. The first-order valence-electron chi connectivity index (χ1n) is 10.2. The van der Waals surface area contributed by atoms with E-state index in [2.05, 4.69) is 39.0 Å². The quantitative estimate of drug-likeness (QED) is 0.809. The zero-order valence-corrected chi connectivity index (χ0v) is 16.6. The monoisotopic (exact) mass is 384 g/mol. The molecule has 0 bridgehead atoms. The number of hydrogen-bond acceptors (Lipinski definition) is 5. The highest BCUT2D eigenvalue weighted by molar-refractivity contribution is 7.15. The molecule has 2 heterocycles. The van der Waals surface area contributed by atoms with Crippen molar-refractivity contribution in [3.63, 3.8) is 0 Å². The maximum Gasteiger partial charge on any atom is 0.230 e. The van der Waals surface area contributed by atoms with Crippen LogP contribution in [0.3, 0.4) is 0 Å². The normalized spacial score (nSPS) is 19.1. The molecule has 1 aliphatic carbocycles. The van der Waals surface area contributed by atoms with Gasteiger partial charge in [0.2, 0.25) is 11.0 Å². The predicted octanol–water partition coefficient (Wildman–Crippen LogP) is 4.23. The minimum atomic E-state index is -0.0104. The van der Waals surface area contributed by atoms with Gasteiger partial charge in [-0.15, -0.1) is 10.2 Å². The molecule has 27 heavy (non-hydrogen) atoms. The largest absolute Gasteiger partial charge is 0.317 e. The highest BCUT2D eigenvalue weighted by Gasteiger charge is 2.20. The van der Waals surface area contributed by atoms with Crippen LogP contribution in [0.1, 0.15) is 72.9 Å². The number of carbonyl (C=O) groups excluding carboxylic acids is 1. The molecule has 1 aliphatic heterocycles. The molecule has 2 aliphatic rings. The van der Waals surface area contributed by atoms with Crippen molar-refractivity contribution >= 4 is 22.4 Å². The number of hydrogen-bond donors (Lipinski definition) is 2. The summed E-state index contributed by atoms with van der Waals surface area (Å²) in [7, 11) is 0. The van der Waals surface area contributed by atoms with Gasteiger partial charge in [-0.1, -0.05) is 54.9 Å². The molecular weight excluding hydrogens is 356 g/mol. The van der Waals surface area contributed by atoms with E-state index in [4.69, 9.17) is 0 Å².